The summed E-state index contributed by atoms with van der Waals surface area (Å²) in [5.41, 5.74) is 0.762. The Kier molecular flexibility index (Phi) is 3.53. The van der Waals surface area contributed by atoms with E-state index in [1.165, 1.54) is 12.1 Å². The second-order valence-electron chi connectivity index (χ2n) is 3.36. The predicted molar refractivity (Wildman–Crippen MR) is 63.9 cm³/mol. The van der Waals surface area contributed by atoms with Crippen LogP contribution in [0.1, 0.15) is 16.1 Å². The van der Waals surface area contributed by atoms with E-state index in [1.807, 2.05) is 0 Å². The van der Waals surface area contributed by atoms with Gasteiger partial charge in [0.25, 0.3) is 5.91 Å². The van der Waals surface area contributed by atoms with Crippen molar-refractivity contribution in [1.82, 2.24) is 15.5 Å². The minimum absolute atomic E-state index is 0.00650. The number of hydrogen-bond acceptors (Lipinski definition) is 2. The van der Waals surface area contributed by atoms with Crippen LogP contribution < -0.4 is 5.32 Å². The molecule has 0 spiro atoms. The van der Waals surface area contributed by atoms with Crippen LogP contribution in [0.3, 0.4) is 0 Å². The molecule has 17 heavy (non-hydrogen) atoms. The highest BCUT2D eigenvalue weighted by Gasteiger charge is 2.14. The predicted octanol–water partition coefficient (Wildman–Crippen LogP) is 2.24. The molecule has 0 aliphatic heterocycles. The molecule has 0 radical (unpaired) electrons. The number of H-pyrrole nitrogens is 1. The van der Waals surface area contributed by atoms with E-state index in [2.05, 4.69) is 31.4 Å². The minimum atomic E-state index is -0.554. The van der Waals surface area contributed by atoms with E-state index >= 15 is 0 Å². The van der Waals surface area contributed by atoms with Gasteiger partial charge >= 0.3 is 0 Å². The zero-order valence-electron chi connectivity index (χ0n) is 8.71. The first-order valence-corrected chi connectivity index (χ1v) is 5.68. The van der Waals surface area contributed by atoms with Crippen LogP contribution in [0, 0.1) is 5.82 Å². The van der Waals surface area contributed by atoms with Gasteiger partial charge in [0, 0.05) is 10.7 Å². The Balaban J connectivity index is 2.10. The maximum atomic E-state index is 13.5. The number of carbonyl (C=O) groups excluding carboxylic acids is 1. The number of hydrogen-bond donors (Lipinski definition) is 2. The van der Waals surface area contributed by atoms with E-state index in [4.69, 9.17) is 0 Å². The first kappa shape index (κ1) is 11.8. The Labute approximate surface area is 105 Å². The summed E-state index contributed by atoms with van der Waals surface area (Å²) in [4.78, 5) is 11.8. The van der Waals surface area contributed by atoms with Gasteiger partial charge in [-0.15, -0.1) is 0 Å². The van der Waals surface area contributed by atoms with E-state index < -0.39 is 11.7 Å². The van der Waals surface area contributed by atoms with Crippen LogP contribution in [-0.2, 0) is 6.54 Å². The first-order chi connectivity index (χ1) is 8.18. The summed E-state index contributed by atoms with van der Waals surface area (Å²) < 4.78 is 13.9. The summed E-state index contributed by atoms with van der Waals surface area (Å²) in [5, 5.41) is 9.05. The molecule has 0 saturated heterocycles. The Hall–Kier alpha value is -1.69. The van der Waals surface area contributed by atoms with Crippen LogP contribution in [0.5, 0.6) is 0 Å². The summed E-state index contributed by atoms with van der Waals surface area (Å²) in [5.74, 6) is -1.02. The molecule has 0 aliphatic rings. The highest BCUT2D eigenvalue weighted by atomic mass is 79.9. The monoisotopic (exact) mass is 297 g/mol. The molecular formula is C11H9BrFN3O. The molecule has 0 aliphatic carbocycles. The standard InChI is InChI=1S/C11H9BrFN3O/c12-8-2-1-3-9(13)10(8)11(17)14-6-7-4-5-15-16-7/h1-5H,6H2,(H,14,17)(H,15,16). The molecular weight excluding hydrogens is 289 g/mol. The van der Waals surface area contributed by atoms with Gasteiger partial charge in [-0.3, -0.25) is 9.89 Å². The molecule has 0 atom stereocenters. The van der Waals surface area contributed by atoms with Crippen LogP contribution >= 0.6 is 15.9 Å². The van der Waals surface area contributed by atoms with Crippen molar-refractivity contribution in [2.45, 2.75) is 6.54 Å². The lowest BCUT2D eigenvalue weighted by atomic mass is 10.2. The van der Waals surface area contributed by atoms with E-state index in [-0.39, 0.29) is 12.1 Å². The third-order valence-electron chi connectivity index (χ3n) is 2.19. The molecule has 1 aromatic carbocycles. The maximum Gasteiger partial charge on any atom is 0.255 e. The number of nitrogens with one attached hydrogen (secondary N) is 2. The van der Waals surface area contributed by atoms with Crippen LogP contribution in [-0.4, -0.2) is 16.1 Å². The maximum absolute atomic E-state index is 13.5. The average Bonchev–Trinajstić information content (AvgIpc) is 2.79. The number of nitrogens with zero attached hydrogens (tertiary/aromatic N) is 1. The van der Waals surface area contributed by atoms with Gasteiger partial charge in [0.05, 0.1) is 17.8 Å². The lowest BCUT2D eigenvalue weighted by molar-refractivity contribution is 0.0945. The molecule has 0 unspecified atom stereocenters. The topological polar surface area (TPSA) is 57.8 Å². The summed E-state index contributed by atoms with van der Waals surface area (Å²) in [6.07, 6.45) is 1.58. The molecule has 88 valence electrons. The quantitative estimate of drug-likeness (QED) is 0.913. The summed E-state index contributed by atoms with van der Waals surface area (Å²) >= 11 is 3.15. The lowest BCUT2D eigenvalue weighted by Crippen LogP contribution is -2.24. The van der Waals surface area contributed by atoms with E-state index in [1.54, 1.807) is 18.3 Å². The molecule has 1 heterocycles. The minimum Gasteiger partial charge on any atom is -0.346 e. The van der Waals surface area contributed by atoms with Crippen molar-refractivity contribution in [3.8, 4) is 0 Å². The van der Waals surface area contributed by atoms with Gasteiger partial charge in [-0.05, 0) is 34.1 Å². The van der Waals surface area contributed by atoms with E-state index in [9.17, 15) is 9.18 Å². The number of amides is 1. The Morgan fingerprint density at radius 3 is 2.94 bits per heavy atom. The largest absolute Gasteiger partial charge is 0.346 e. The van der Waals surface area contributed by atoms with Gasteiger partial charge < -0.3 is 5.32 Å². The smallest absolute Gasteiger partial charge is 0.255 e. The molecule has 2 N–H and O–H groups in total. The molecule has 0 bridgehead atoms. The van der Waals surface area contributed by atoms with Gasteiger partial charge in [-0.25, -0.2) is 4.39 Å². The van der Waals surface area contributed by atoms with Gasteiger partial charge in [-0.2, -0.15) is 5.10 Å². The van der Waals surface area contributed by atoms with Crippen molar-refractivity contribution >= 4 is 21.8 Å². The average molecular weight is 298 g/mol. The Morgan fingerprint density at radius 2 is 2.29 bits per heavy atom. The lowest BCUT2D eigenvalue weighted by Gasteiger charge is -2.06. The molecule has 2 aromatic rings. The highest BCUT2D eigenvalue weighted by Crippen LogP contribution is 2.19. The zero-order chi connectivity index (χ0) is 12.3. The van der Waals surface area contributed by atoms with Gasteiger partial charge in [0.2, 0.25) is 0 Å². The summed E-state index contributed by atoms with van der Waals surface area (Å²) in [6, 6.07) is 6.13. The fraction of sp³-hybridized carbons (Fsp3) is 0.0909. The molecule has 2 rings (SSSR count). The molecule has 1 aromatic heterocycles. The van der Waals surface area contributed by atoms with Crippen molar-refractivity contribution in [1.29, 1.82) is 0 Å². The van der Waals surface area contributed by atoms with Crippen molar-refractivity contribution in [3.63, 3.8) is 0 Å². The van der Waals surface area contributed by atoms with Crippen LogP contribution in [0.4, 0.5) is 4.39 Å². The fourth-order valence-electron chi connectivity index (χ4n) is 1.36. The number of benzene rings is 1. The Morgan fingerprint density at radius 1 is 1.47 bits per heavy atom. The van der Waals surface area contributed by atoms with E-state index in [0.717, 1.165) is 5.69 Å². The van der Waals surface area contributed by atoms with E-state index in [0.29, 0.717) is 4.47 Å². The second-order valence-corrected chi connectivity index (χ2v) is 4.22. The number of aromatic nitrogens is 2. The Bertz CT molecular complexity index is 507. The van der Waals surface area contributed by atoms with Crippen molar-refractivity contribution in [2.75, 3.05) is 0 Å². The molecule has 4 nitrogen and oxygen atoms in total. The second kappa shape index (κ2) is 5.09. The SMILES string of the molecule is O=C(NCc1ccn[nH]1)c1c(F)cccc1Br. The molecule has 1 amide bonds. The van der Waals surface area contributed by atoms with Gasteiger partial charge in [0.1, 0.15) is 5.82 Å². The number of carbonyl (C=O) groups is 1. The third kappa shape index (κ3) is 2.71. The van der Waals surface area contributed by atoms with Crippen molar-refractivity contribution in [2.24, 2.45) is 0 Å². The summed E-state index contributed by atoms with van der Waals surface area (Å²) in [7, 11) is 0. The zero-order valence-corrected chi connectivity index (χ0v) is 10.3. The van der Waals surface area contributed by atoms with Crippen LogP contribution in [0.25, 0.3) is 0 Å². The normalized spacial score (nSPS) is 10.2. The third-order valence-corrected chi connectivity index (χ3v) is 2.85. The number of aromatic amines is 1. The summed E-state index contributed by atoms with van der Waals surface area (Å²) in [6.45, 7) is 0.277. The van der Waals surface area contributed by atoms with Crippen molar-refractivity contribution in [3.05, 3.63) is 52.0 Å². The van der Waals surface area contributed by atoms with Crippen LogP contribution in [0.15, 0.2) is 34.9 Å². The van der Waals surface area contributed by atoms with Crippen LogP contribution in [0.2, 0.25) is 0 Å². The molecule has 0 saturated carbocycles. The highest BCUT2D eigenvalue weighted by molar-refractivity contribution is 9.10. The molecule has 6 heteroatoms. The molecule has 0 fully saturated rings. The first-order valence-electron chi connectivity index (χ1n) is 4.89. The van der Waals surface area contributed by atoms with Gasteiger partial charge in [-0.1, -0.05) is 6.07 Å². The number of rotatable bonds is 3. The number of halogens is 2. The van der Waals surface area contributed by atoms with Gasteiger partial charge in [0.15, 0.2) is 0 Å². The fourth-order valence-corrected chi connectivity index (χ4v) is 1.88. The van der Waals surface area contributed by atoms with Crippen molar-refractivity contribution < 1.29 is 9.18 Å².